The third-order valence-corrected chi connectivity index (χ3v) is 22.2. The zero-order valence-electron chi connectivity index (χ0n) is 35.5. The Morgan fingerprint density at radius 1 is 0.312 bits per heavy atom. The van der Waals surface area contributed by atoms with Gasteiger partial charge in [0.05, 0.1) is 11.0 Å². The summed E-state index contributed by atoms with van der Waals surface area (Å²) in [4.78, 5) is 16.3. The summed E-state index contributed by atoms with van der Waals surface area (Å²) in [7, 11) is -5.30. The molecule has 0 amide bonds. The van der Waals surface area contributed by atoms with Gasteiger partial charge in [-0.3, -0.25) is 4.57 Å². The molecule has 0 aliphatic carbocycles. The molecule has 0 saturated carbocycles. The van der Waals surface area contributed by atoms with Gasteiger partial charge in [0.1, 0.15) is 8.07 Å². The maximum atomic E-state index is 5.45. The number of para-hydroxylation sites is 2. The van der Waals surface area contributed by atoms with Gasteiger partial charge >= 0.3 is 0 Å². The topological polar surface area (TPSA) is 43.6 Å². The Morgan fingerprint density at radius 3 is 1.09 bits per heavy atom. The number of hydrogen-bond acceptors (Lipinski definition) is 3. The molecule has 304 valence electrons. The van der Waals surface area contributed by atoms with E-state index >= 15 is 0 Å². The van der Waals surface area contributed by atoms with Crippen LogP contribution in [0.2, 0.25) is 6.55 Å². The van der Waals surface area contributed by atoms with E-state index in [0.717, 1.165) is 32.9 Å². The standard InChI is InChI=1S/C58H44N4Si2/c1-63(45-25-7-2-8-26-45,46-27-9-3-10-28-46)50-35-21-23-43(41-50)56-59-57(61-58(60-56)62-54-39-19-17-37-52(54)53-38-18-20-40-55(53)62)44-24-22-36-51(42-44)64(47-29-11-4-12-30-47,48-31-13-5-14-32-48)49-33-15-6-16-34-49/h2-42H,1H3. The molecule has 6 heteroatoms. The predicted molar refractivity (Wildman–Crippen MR) is 272 cm³/mol. The van der Waals surface area contributed by atoms with Gasteiger partial charge in [-0.2, -0.15) is 9.97 Å². The van der Waals surface area contributed by atoms with Gasteiger partial charge in [0.2, 0.25) is 5.95 Å². The van der Waals surface area contributed by atoms with E-state index in [-0.39, 0.29) is 0 Å². The van der Waals surface area contributed by atoms with Crippen molar-refractivity contribution in [1.82, 2.24) is 19.5 Å². The van der Waals surface area contributed by atoms with Gasteiger partial charge in [-0.05, 0) is 48.4 Å². The summed E-state index contributed by atoms with van der Waals surface area (Å²) in [5.41, 5.74) is 3.98. The van der Waals surface area contributed by atoms with Gasteiger partial charge in [0.15, 0.2) is 19.7 Å². The zero-order valence-corrected chi connectivity index (χ0v) is 37.5. The number of hydrogen-bond donors (Lipinski definition) is 0. The summed E-state index contributed by atoms with van der Waals surface area (Å²) in [5.74, 6) is 1.83. The number of aromatic nitrogens is 4. The Balaban J connectivity index is 1.16. The summed E-state index contributed by atoms with van der Waals surface area (Å²) >= 11 is 0. The molecule has 11 rings (SSSR count). The largest absolute Gasteiger partial charge is 0.278 e. The van der Waals surface area contributed by atoms with Crippen molar-refractivity contribution in [2.24, 2.45) is 0 Å². The van der Waals surface area contributed by atoms with Gasteiger partial charge in [-0.25, -0.2) is 4.98 Å². The molecule has 0 radical (unpaired) electrons. The number of nitrogens with zero attached hydrogens (tertiary/aromatic N) is 4. The zero-order chi connectivity index (χ0) is 42.9. The van der Waals surface area contributed by atoms with Crippen LogP contribution in [0.15, 0.2) is 249 Å². The number of rotatable bonds is 10. The van der Waals surface area contributed by atoms with Gasteiger partial charge in [-0.1, -0.05) is 243 Å². The Labute approximate surface area is 375 Å². The highest BCUT2D eigenvalue weighted by Crippen LogP contribution is 2.32. The first-order chi connectivity index (χ1) is 31.6. The third-order valence-electron chi connectivity index (χ3n) is 13.0. The van der Waals surface area contributed by atoms with Gasteiger partial charge < -0.3 is 0 Å². The highest BCUT2D eigenvalue weighted by atomic mass is 28.3. The van der Waals surface area contributed by atoms with Crippen LogP contribution in [-0.4, -0.2) is 35.7 Å². The van der Waals surface area contributed by atoms with Crippen LogP contribution < -0.4 is 36.3 Å². The Hall–Kier alpha value is -7.78. The normalized spacial score (nSPS) is 11.8. The maximum absolute atomic E-state index is 5.45. The van der Waals surface area contributed by atoms with Crippen LogP contribution in [0.1, 0.15) is 0 Å². The molecule has 2 aromatic heterocycles. The second kappa shape index (κ2) is 16.5. The van der Waals surface area contributed by atoms with Gasteiger partial charge in [0.25, 0.3) is 0 Å². The molecule has 0 unspecified atom stereocenters. The van der Waals surface area contributed by atoms with Crippen molar-refractivity contribution in [3.05, 3.63) is 249 Å². The summed E-state index contributed by atoms with van der Waals surface area (Å²) in [6.45, 7) is 2.45. The average molecular weight is 853 g/mol. The first kappa shape index (κ1) is 39.1. The number of benzene rings is 9. The van der Waals surface area contributed by atoms with E-state index in [1.807, 2.05) is 0 Å². The van der Waals surface area contributed by atoms with Gasteiger partial charge in [0, 0.05) is 21.9 Å². The molecule has 2 heterocycles. The molecule has 11 aromatic rings. The second-order valence-corrected chi connectivity index (χ2v) is 24.3. The number of fused-ring (bicyclic) bond motifs is 3. The highest BCUT2D eigenvalue weighted by molar-refractivity contribution is 7.20. The lowest BCUT2D eigenvalue weighted by Gasteiger charge is -2.34. The van der Waals surface area contributed by atoms with E-state index in [4.69, 9.17) is 15.0 Å². The summed E-state index contributed by atoms with van der Waals surface area (Å²) in [6.07, 6.45) is 0. The lowest BCUT2D eigenvalue weighted by molar-refractivity contribution is 0.953. The van der Waals surface area contributed by atoms with Crippen LogP contribution in [0.3, 0.4) is 0 Å². The molecule has 4 nitrogen and oxygen atoms in total. The lowest BCUT2D eigenvalue weighted by atomic mass is 10.2. The van der Waals surface area contributed by atoms with E-state index in [0.29, 0.717) is 17.6 Å². The fourth-order valence-electron chi connectivity index (χ4n) is 9.83. The fourth-order valence-corrected chi connectivity index (χ4v) is 18.2. The molecule has 0 aliphatic heterocycles. The third kappa shape index (κ3) is 6.63. The average Bonchev–Trinajstić information content (AvgIpc) is 3.72. The van der Waals surface area contributed by atoms with Gasteiger partial charge in [-0.15, -0.1) is 0 Å². The van der Waals surface area contributed by atoms with E-state index in [1.54, 1.807) is 0 Å². The molecule has 0 bridgehead atoms. The van der Waals surface area contributed by atoms with Crippen LogP contribution in [0.25, 0.3) is 50.5 Å². The van der Waals surface area contributed by atoms with Crippen LogP contribution >= 0.6 is 0 Å². The molecule has 64 heavy (non-hydrogen) atoms. The van der Waals surface area contributed by atoms with Crippen molar-refractivity contribution in [3.63, 3.8) is 0 Å². The fraction of sp³-hybridized carbons (Fsp3) is 0.0172. The Morgan fingerprint density at radius 2 is 0.656 bits per heavy atom. The van der Waals surface area contributed by atoms with Crippen LogP contribution in [0.4, 0.5) is 0 Å². The molecular weight excluding hydrogens is 809 g/mol. The summed E-state index contributed by atoms with van der Waals surface area (Å²) in [6, 6.07) is 90.1. The summed E-state index contributed by atoms with van der Waals surface area (Å²) < 4.78 is 2.21. The van der Waals surface area contributed by atoms with E-state index < -0.39 is 16.1 Å². The first-order valence-electron chi connectivity index (χ1n) is 21.9. The van der Waals surface area contributed by atoms with Crippen molar-refractivity contribution in [3.8, 4) is 28.7 Å². The molecule has 0 spiro atoms. The van der Waals surface area contributed by atoms with Crippen molar-refractivity contribution >= 4 is 74.3 Å². The van der Waals surface area contributed by atoms with Crippen molar-refractivity contribution in [2.75, 3.05) is 0 Å². The smallest absolute Gasteiger partial charge is 0.238 e. The minimum absolute atomic E-state index is 0.581. The van der Waals surface area contributed by atoms with E-state index in [2.05, 4.69) is 260 Å². The predicted octanol–water partition coefficient (Wildman–Crippen LogP) is 8.78. The van der Waals surface area contributed by atoms with Crippen LogP contribution in [0, 0.1) is 0 Å². The second-order valence-electron chi connectivity index (χ2n) is 16.5. The highest BCUT2D eigenvalue weighted by Gasteiger charge is 2.41. The van der Waals surface area contributed by atoms with E-state index in [1.165, 1.54) is 36.3 Å². The Bertz CT molecular complexity index is 3210. The van der Waals surface area contributed by atoms with Crippen LogP contribution in [-0.2, 0) is 0 Å². The SMILES string of the molecule is C[Si](c1ccccc1)(c1ccccc1)c1cccc(-c2nc(-c3cccc([Si](c4ccccc4)(c4ccccc4)c4ccccc4)c3)nc(-n3c4ccccc4c4ccccc43)n2)c1. The molecule has 0 aliphatic rings. The van der Waals surface area contributed by atoms with Crippen molar-refractivity contribution < 1.29 is 0 Å². The minimum Gasteiger partial charge on any atom is -0.278 e. The van der Waals surface area contributed by atoms with Crippen LogP contribution in [0.5, 0.6) is 0 Å². The maximum Gasteiger partial charge on any atom is 0.238 e. The Kier molecular flexibility index (Phi) is 10.1. The van der Waals surface area contributed by atoms with E-state index in [9.17, 15) is 0 Å². The quantitative estimate of drug-likeness (QED) is 0.102. The molecule has 0 atom stereocenters. The molecular formula is C58H44N4Si2. The summed E-state index contributed by atoms with van der Waals surface area (Å²) in [5, 5.41) is 11.5. The lowest BCUT2D eigenvalue weighted by Crippen LogP contribution is -2.74. The van der Waals surface area contributed by atoms with Crippen molar-refractivity contribution in [1.29, 1.82) is 0 Å². The minimum atomic E-state index is -2.85. The van der Waals surface area contributed by atoms with Crippen molar-refractivity contribution in [2.45, 2.75) is 6.55 Å². The monoisotopic (exact) mass is 852 g/mol. The molecule has 0 N–H and O–H groups in total. The molecule has 9 aromatic carbocycles. The first-order valence-corrected chi connectivity index (χ1v) is 26.4. The molecule has 0 fully saturated rings. The molecule has 0 saturated heterocycles.